The van der Waals surface area contributed by atoms with Crippen molar-refractivity contribution in [1.29, 1.82) is 0 Å². The highest BCUT2D eigenvalue weighted by Crippen LogP contribution is 2.21. The van der Waals surface area contributed by atoms with Crippen LogP contribution in [0.2, 0.25) is 0 Å². The van der Waals surface area contributed by atoms with E-state index in [-0.39, 0.29) is 18.2 Å². The minimum absolute atomic E-state index is 0.0879. The number of ether oxygens (including phenoxy) is 1. The molecule has 0 aliphatic carbocycles. The van der Waals surface area contributed by atoms with E-state index in [9.17, 15) is 9.90 Å². The third kappa shape index (κ3) is 6.80. The van der Waals surface area contributed by atoms with E-state index in [1.165, 1.54) is 0 Å². The fraction of sp³-hybridized carbons (Fsp3) is 0.588. The first-order chi connectivity index (χ1) is 10.4. The highest BCUT2D eigenvalue weighted by atomic mass is 16.5. The second-order valence-electron chi connectivity index (χ2n) is 5.74. The Labute approximate surface area is 133 Å². The number of hydrogen-bond donors (Lipinski definition) is 3. The summed E-state index contributed by atoms with van der Waals surface area (Å²) in [5.41, 5.74) is 2.07. The number of carbonyl (C=O) groups is 1. The normalized spacial score (nSPS) is 12.1. The molecule has 1 atom stereocenters. The zero-order chi connectivity index (χ0) is 16.5. The van der Waals surface area contributed by atoms with Gasteiger partial charge in [-0.2, -0.15) is 0 Å². The SMILES string of the molecule is CCC(O)CCNC(=O)NCc1ccc(C)cc1OC(C)C. The maximum atomic E-state index is 11.7. The molecule has 1 aromatic rings. The van der Waals surface area contributed by atoms with Gasteiger partial charge in [0.1, 0.15) is 5.75 Å². The number of urea groups is 1. The fourth-order valence-electron chi connectivity index (χ4n) is 1.97. The van der Waals surface area contributed by atoms with E-state index in [0.717, 1.165) is 16.9 Å². The second-order valence-corrected chi connectivity index (χ2v) is 5.74. The van der Waals surface area contributed by atoms with E-state index in [0.29, 0.717) is 25.9 Å². The van der Waals surface area contributed by atoms with Crippen LogP contribution in [0.5, 0.6) is 5.75 Å². The third-order valence-corrected chi connectivity index (χ3v) is 3.26. The number of benzene rings is 1. The van der Waals surface area contributed by atoms with E-state index in [2.05, 4.69) is 10.6 Å². The van der Waals surface area contributed by atoms with Crippen LogP contribution >= 0.6 is 0 Å². The lowest BCUT2D eigenvalue weighted by Gasteiger charge is -2.16. The summed E-state index contributed by atoms with van der Waals surface area (Å²) in [7, 11) is 0. The smallest absolute Gasteiger partial charge is 0.315 e. The van der Waals surface area contributed by atoms with Gasteiger partial charge in [0.25, 0.3) is 0 Å². The van der Waals surface area contributed by atoms with Crippen LogP contribution < -0.4 is 15.4 Å². The van der Waals surface area contributed by atoms with Crippen LogP contribution in [-0.4, -0.2) is 29.9 Å². The van der Waals surface area contributed by atoms with Crippen molar-refractivity contribution in [2.24, 2.45) is 0 Å². The summed E-state index contributed by atoms with van der Waals surface area (Å²) >= 11 is 0. The highest BCUT2D eigenvalue weighted by Gasteiger charge is 2.08. The number of aliphatic hydroxyl groups excluding tert-OH is 1. The van der Waals surface area contributed by atoms with Crippen molar-refractivity contribution in [2.45, 2.75) is 59.3 Å². The fourth-order valence-corrected chi connectivity index (χ4v) is 1.97. The number of carbonyl (C=O) groups excluding carboxylic acids is 1. The van der Waals surface area contributed by atoms with Gasteiger partial charge in [-0.3, -0.25) is 0 Å². The number of aliphatic hydroxyl groups is 1. The second kappa shape index (κ2) is 9.30. The number of hydrogen-bond acceptors (Lipinski definition) is 3. The Morgan fingerprint density at radius 1 is 1.32 bits per heavy atom. The predicted octanol–water partition coefficient (Wildman–Crippen LogP) is 2.74. The van der Waals surface area contributed by atoms with Crippen LogP contribution in [0.3, 0.4) is 0 Å². The number of amides is 2. The summed E-state index contributed by atoms with van der Waals surface area (Å²) in [4.78, 5) is 11.7. The van der Waals surface area contributed by atoms with E-state index in [4.69, 9.17) is 4.74 Å². The molecule has 0 fully saturated rings. The molecule has 2 amide bonds. The molecule has 0 aliphatic heterocycles. The minimum atomic E-state index is -0.358. The Balaban J connectivity index is 2.48. The van der Waals surface area contributed by atoms with Crippen LogP contribution in [0.1, 0.15) is 44.7 Å². The summed E-state index contributed by atoms with van der Waals surface area (Å²) in [5.74, 6) is 0.803. The quantitative estimate of drug-likeness (QED) is 0.691. The van der Waals surface area contributed by atoms with Crippen molar-refractivity contribution in [1.82, 2.24) is 10.6 Å². The first-order valence-corrected chi connectivity index (χ1v) is 7.88. The van der Waals surface area contributed by atoms with Crippen molar-refractivity contribution >= 4 is 6.03 Å². The lowest BCUT2D eigenvalue weighted by atomic mass is 10.1. The largest absolute Gasteiger partial charge is 0.491 e. The van der Waals surface area contributed by atoms with Crippen molar-refractivity contribution in [2.75, 3.05) is 6.54 Å². The molecular formula is C17H28N2O3. The molecule has 0 heterocycles. The Kier molecular flexibility index (Phi) is 7.74. The molecule has 0 aliphatic rings. The standard InChI is InChI=1S/C17H28N2O3/c1-5-15(20)8-9-18-17(21)19-11-14-7-6-13(4)10-16(14)22-12(2)3/h6-7,10,12,15,20H,5,8-9,11H2,1-4H3,(H2,18,19,21). The van der Waals surface area contributed by atoms with Gasteiger partial charge in [-0.25, -0.2) is 4.79 Å². The number of nitrogens with one attached hydrogen (secondary N) is 2. The van der Waals surface area contributed by atoms with Gasteiger partial charge < -0.3 is 20.5 Å². The highest BCUT2D eigenvalue weighted by molar-refractivity contribution is 5.73. The van der Waals surface area contributed by atoms with Crippen LogP contribution in [0, 0.1) is 6.92 Å². The minimum Gasteiger partial charge on any atom is -0.491 e. The van der Waals surface area contributed by atoms with Crippen LogP contribution in [-0.2, 0) is 6.54 Å². The summed E-state index contributed by atoms with van der Waals surface area (Å²) in [6, 6.07) is 5.71. The molecule has 5 nitrogen and oxygen atoms in total. The number of aryl methyl sites for hydroxylation is 1. The topological polar surface area (TPSA) is 70.6 Å². The van der Waals surface area contributed by atoms with Crippen LogP contribution in [0.25, 0.3) is 0 Å². The average Bonchev–Trinajstić information content (AvgIpc) is 2.45. The molecule has 0 bridgehead atoms. The molecule has 0 saturated carbocycles. The van der Waals surface area contributed by atoms with Crippen molar-refractivity contribution in [3.63, 3.8) is 0 Å². The van der Waals surface area contributed by atoms with Gasteiger partial charge in [-0.15, -0.1) is 0 Å². The van der Waals surface area contributed by atoms with Crippen molar-refractivity contribution in [3.05, 3.63) is 29.3 Å². The summed E-state index contributed by atoms with van der Waals surface area (Å²) in [6.45, 7) is 8.75. The molecule has 1 aromatic carbocycles. The van der Waals surface area contributed by atoms with Gasteiger partial charge in [-0.05, 0) is 45.2 Å². The van der Waals surface area contributed by atoms with Gasteiger partial charge in [-0.1, -0.05) is 19.1 Å². The molecule has 0 radical (unpaired) electrons. The molecule has 0 spiro atoms. The Morgan fingerprint density at radius 2 is 2.05 bits per heavy atom. The Morgan fingerprint density at radius 3 is 2.68 bits per heavy atom. The molecule has 5 heteroatoms. The van der Waals surface area contributed by atoms with Crippen LogP contribution in [0.4, 0.5) is 4.79 Å². The summed E-state index contributed by atoms with van der Waals surface area (Å²) in [6.07, 6.45) is 0.993. The Hall–Kier alpha value is -1.75. The monoisotopic (exact) mass is 308 g/mol. The number of rotatable bonds is 8. The lowest BCUT2D eigenvalue weighted by molar-refractivity contribution is 0.160. The van der Waals surface area contributed by atoms with Crippen molar-refractivity contribution in [3.8, 4) is 5.75 Å². The van der Waals surface area contributed by atoms with Crippen molar-refractivity contribution < 1.29 is 14.6 Å². The average molecular weight is 308 g/mol. The molecular weight excluding hydrogens is 280 g/mol. The zero-order valence-electron chi connectivity index (χ0n) is 14.0. The molecule has 0 aromatic heterocycles. The molecule has 22 heavy (non-hydrogen) atoms. The van der Waals surface area contributed by atoms with E-state index >= 15 is 0 Å². The summed E-state index contributed by atoms with van der Waals surface area (Å²) < 4.78 is 5.78. The van der Waals surface area contributed by atoms with E-state index in [1.54, 1.807) is 0 Å². The maximum Gasteiger partial charge on any atom is 0.315 e. The maximum absolute atomic E-state index is 11.7. The predicted molar refractivity (Wildman–Crippen MR) is 88.1 cm³/mol. The van der Waals surface area contributed by atoms with Crippen LogP contribution in [0.15, 0.2) is 18.2 Å². The molecule has 1 rings (SSSR count). The van der Waals surface area contributed by atoms with Gasteiger partial charge >= 0.3 is 6.03 Å². The van der Waals surface area contributed by atoms with E-state index in [1.807, 2.05) is 45.9 Å². The third-order valence-electron chi connectivity index (χ3n) is 3.26. The van der Waals surface area contributed by atoms with Gasteiger partial charge in [0.05, 0.1) is 12.2 Å². The lowest BCUT2D eigenvalue weighted by Crippen LogP contribution is -2.36. The van der Waals surface area contributed by atoms with Gasteiger partial charge in [0, 0.05) is 18.7 Å². The zero-order valence-corrected chi connectivity index (χ0v) is 14.0. The summed E-state index contributed by atoms with van der Waals surface area (Å²) in [5, 5.41) is 15.0. The first-order valence-electron chi connectivity index (χ1n) is 7.88. The molecule has 0 saturated heterocycles. The van der Waals surface area contributed by atoms with Gasteiger partial charge in [0.15, 0.2) is 0 Å². The van der Waals surface area contributed by atoms with Gasteiger partial charge in [0.2, 0.25) is 0 Å². The van der Waals surface area contributed by atoms with E-state index < -0.39 is 0 Å². The molecule has 124 valence electrons. The molecule has 3 N–H and O–H groups in total. The Bertz CT molecular complexity index is 475. The first kappa shape index (κ1) is 18.3. The molecule has 1 unspecified atom stereocenters.